The van der Waals surface area contributed by atoms with Crippen LogP contribution in [0.25, 0.3) is 0 Å². The molecule has 0 saturated carbocycles. The summed E-state index contributed by atoms with van der Waals surface area (Å²) in [6.45, 7) is 9.35. The molecule has 1 heterocycles. The normalized spacial score (nSPS) is 18.1. The Hall–Kier alpha value is -0.650. The van der Waals surface area contributed by atoms with E-state index in [1.54, 1.807) is 0 Å². The predicted octanol–water partition coefficient (Wildman–Crippen LogP) is -0.0989. The van der Waals surface area contributed by atoms with Crippen molar-refractivity contribution in [2.24, 2.45) is 0 Å². The van der Waals surface area contributed by atoms with Gasteiger partial charge in [-0.2, -0.15) is 0 Å². The second-order valence-electron chi connectivity index (χ2n) is 5.16. The molecule has 0 spiro atoms. The Kier molecular flexibility index (Phi) is 7.23. The lowest BCUT2D eigenvalue weighted by Crippen LogP contribution is -2.37. The summed E-state index contributed by atoms with van der Waals surface area (Å²) in [6.07, 6.45) is 1.58. The third kappa shape index (κ3) is 5.80. The van der Waals surface area contributed by atoms with Gasteiger partial charge < -0.3 is 15.3 Å². The highest BCUT2D eigenvalue weighted by Crippen LogP contribution is 2.04. The summed E-state index contributed by atoms with van der Waals surface area (Å²) in [7, 11) is 0. The topological polar surface area (TPSA) is 55.8 Å². The van der Waals surface area contributed by atoms with Crippen molar-refractivity contribution >= 4 is 5.91 Å². The van der Waals surface area contributed by atoms with Crippen molar-refractivity contribution in [3.8, 4) is 0 Å². The molecule has 0 aromatic heterocycles. The molecule has 0 bridgehead atoms. The number of nitrogens with one attached hydrogen (secondary N) is 1. The van der Waals surface area contributed by atoms with Crippen LogP contribution in [-0.4, -0.2) is 72.7 Å². The molecule has 0 aromatic rings. The van der Waals surface area contributed by atoms with Crippen LogP contribution in [-0.2, 0) is 4.79 Å². The smallest absolute Gasteiger partial charge is 0.223 e. The Morgan fingerprint density at radius 1 is 1.28 bits per heavy atom. The van der Waals surface area contributed by atoms with Gasteiger partial charge in [0.15, 0.2) is 0 Å². The number of aliphatic hydroxyl groups excluding tert-OH is 1. The van der Waals surface area contributed by atoms with Crippen molar-refractivity contribution in [2.75, 3.05) is 45.9 Å². The van der Waals surface area contributed by atoms with Crippen LogP contribution < -0.4 is 5.32 Å². The lowest BCUT2D eigenvalue weighted by atomic mass is 10.3. The van der Waals surface area contributed by atoms with Crippen LogP contribution in [0.15, 0.2) is 0 Å². The number of nitrogens with zero attached hydrogens (tertiary/aromatic N) is 2. The average Bonchev–Trinajstić information content (AvgIpc) is 2.54. The first-order chi connectivity index (χ1) is 8.63. The largest absolute Gasteiger partial charge is 0.395 e. The van der Waals surface area contributed by atoms with Gasteiger partial charge in [0.2, 0.25) is 5.91 Å². The Morgan fingerprint density at radius 2 is 2.06 bits per heavy atom. The highest BCUT2D eigenvalue weighted by atomic mass is 16.3. The number of amides is 1. The molecule has 0 radical (unpaired) electrons. The summed E-state index contributed by atoms with van der Waals surface area (Å²) in [4.78, 5) is 16.2. The Bertz CT molecular complexity index is 246. The van der Waals surface area contributed by atoms with Crippen LogP contribution in [0.4, 0.5) is 0 Å². The second-order valence-corrected chi connectivity index (χ2v) is 5.16. The number of aliphatic hydroxyl groups is 1. The average molecular weight is 257 g/mol. The lowest BCUT2D eigenvalue weighted by molar-refractivity contribution is -0.131. The number of carbonyl (C=O) groups is 1. The molecule has 5 heteroatoms. The van der Waals surface area contributed by atoms with E-state index in [1.807, 2.05) is 4.90 Å². The summed E-state index contributed by atoms with van der Waals surface area (Å²) in [5.41, 5.74) is 0. The van der Waals surface area contributed by atoms with E-state index in [4.69, 9.17) is 5.11 Å². The molecule has 0 unspecified atom stereocenters. The maximum atomic E-state index is 12.0. The number of rotatable bonds is 6. The van der Waals surface area contributed by atoms with Gasteiger partial charge in [0.25, 0.3) is 0 Å². The second kappa shape index (κ2) is 8.45. The fourth-order valence-corrected chi connectivity index (χ4v) is 2.21. The minimum Gasteiger partial charge on any atom is -0.395 e. The molecule has 0 aromatic carbocycles. The van der Waals surface area contributed by atoms with Crippen molar-refractivity contribution in [1.82, 2.24) is 15.1 Å². The van der Waals surface area contributed by atoms with Crippen molar-refractivity contribution in [2.45, 2.75) is 32.7 Å². The minimum atomic E-state index is 0.201. The van der Waals surface area contributed by atoms with E-state index in [1.165, 1.54) is 0 Å². The highest BCUT2D eigenvalue weighted by molar-refractivity contribution is 5.76. The summed E-state index contributed by atoms with van der Waals surface area (Å²) < 4.78 is 0. The quantitative estimate of drug-likeness (QED) is 0.698. The first-order valence-electron chi connectivity index (χ1n) is 6.98. The van der Waals surface area contributed by atoms with Crippen LogP contribution in [0.2, 0.25) is 0 Å². The molecule has 1 rings (SSSR count). The van der Waals surface area contributed by atoms with Crippen molar-refractivity contribution in [3.63, 3.8) is 0 Å². The number of β-amino-alcohol motifs (C(OH)–C–C–N with tert-alkyl or cyclic N) is 1. The maximum Gasteiger partial charge on any atom is 0.223 e. The van der Waals surface area contributed by atoms with E-state index in [0.29, 0.717) is 12.5 Å². The molecule has 2 N–H and O–H groups in total. The van der Waals surface area contributed by atoms with Gasteiger partial charge in [-0.05, 0) is 13.0 Å². The molecule has 106 valence electrons. The molecular formula is C13H27N3O2. The van der Waals surface area contributed by atoms with E-state index in [9.17, 15) is 4.79 Å². The van der Waals surface area contributed by atoms with Gasteiger partial charge in [-0.15, -0.1) is 0 Å². The van der Waals surface area contributed by atoms with Crippen LogP contribution >= 0.6 is 0 Å². The molecule has 1 saturated heterocycles. The summed E-state index contributed by atoms with van der Waals surface area (Å²) >= 11 is 0. The lowest BCUT2D eigenvalue weighted by Gasteiger charge is -2.21. The molecule has 18 heavy (non-hydrogen) atoms. The molecule has 0 atom stereocenters. The first-order valence-corrected chi connectivity index (χ1v) is 6.98. The third-order valence-electron chi connectivity index (χ3n) is 3.25. The molecule has 1 fully saturated rings. The van der Waals surface area contributed by atoms with Crippen molar-refractivity contribution in [3.05, 3.63) is 0 Å². The van der Waals surface area contributed by atoms with Crippen molar-refractivity contribution < 1.29 is 9.90 Å². The van der Waals surface area contributed by atoms with E-state index in [-0.39, 0.29) is 12.5 Å². The molecule has 1 aliphatic heterocycles. The Labute approximate surface area is 110 Å². The summed E-state index contributed by atoms with van der Waals surface area (Å²) in [5, 5.41) is 12.2. The predicted molar refractivity (Wildman–Crippen MR) is 72.5 cm³/mol. The zero-order chi connectivity index (χ0) is 13.4. The van der Waals surface area contributed by atoms with Gasteiger partial charge in [-0.3, -0.25) is 9.69 Å². The van der Waals surface area contributed by atoms with Gasteiger partial charge in [0.05, 0.1) is 6.61 Å². The van der Waals surface area contributed by atoms with Crippen LogP contribution in [0.1, 0.15) is 26.7 Å². The zero-order valence-corrected chi connectivity index (χ0v) is 11.7. The van der Waals surface area contributed by atoms with Crippen LogP contribution in [0.3, 0.4) is 0 Å². The van der Waals surface area contributed by atoms with Gasteiger partial charge in [-0.25, -0.2) is 0 Å². The fraction of sp³-hybridized carbons (Fsp3) is 0.923. The van der Waals surface area contributed by atoms with Crippen LogP contribution in [0.5, 0.6) is 0 Å². The fourth-order valence-electron chi connectivity index (χ4n) is 2.21. The number of carbonyl (C=O) groups excluding carboxylic acids is 1. The summed E-state index contributed by atoms with van der Waals surface area (Å²) in [6, 6.07) is 0.432. The SMILES string of the molecule is CC(C)NCCC(=O)N1CCCN(CCO)CC1. The molecule has 1 aliphatic rings. The minimum absolute atomic E-state index is 0.201. The van der Waals surface area contributed by atoms with E-state index in [0.717, 1.165) is 45.7 Å². The standard InChI is InChI=1S/C13H27N3O2/c1-12(2)14-5-4-13(18)16-7-3-6-15(8-9-16)10-11-17/h12,14,17H,3-11H2,1-2H3. The zero-order valence-electron chi connectivity index (χ0n) is 11.7. The molecular weight excluding hydrogens is 230 g/mol. The van der Waals surface area contributed by atoms with Gasteiger partial charge in [0, 0.05) is 45.2 Å². The Balaban J connectivity index is 2.26. The number of hydrogen-bond donors (Lipinski definition) is 2. The Morgan fingerprint density at radius 3 is 2.72 bits per heavy atom. The maximum absolute atomic E-state index is 12.0. The van der Waals surface area contributed by atoms with E-state index >= 15 is 0 Å². The van der Waals surface area contributed by atoms with Gasteiger partial charge >= 0.3 is 0 Å². The van der Waals surface area contributed by atoms with Crippen LogP contribution in [0, 0.1) is 0 Å². The molecule has 1 amide bonds. The van der Waals surface area contributed by atoms with Gasteiger partial charge in [-0.1, -0.05) is 13.8 Å². The van der Waals surface area contributed by atoms with Gasteiger partial charge in [0.1, 0.15) is 0 Å². The molecule has 5 nitrogen and oxygen atoms in total. The monoisotopic (exact) mass is 257 g/mol. The highest BCUT2D eigenvalue weighted by Gasteiger charge is 2.18. The van der Waals surface area contributed by atoms with E-state index in [2.05, 4.69) is 24.1 Å². The third-order valence-corrected chi connectivity index (χ3v) is 3.25. The molecule has 0 aliphatic carbocycles. The number of hydrogen-bond acceptors (Lipinski definition) is 4. The van der Waals surface area contributed by atoms with Crippen molar-refractivity contribution in [1.29, 1.82) is 0 Å². The van der Waals surface area contributed by atoms with E-state index < -0.39 is 0 Å². The summed E-state index contributed by atoms with van der Waals surface area (Å²) in [5.74, 6) is 0.244. The first kappa shape index (κ1) is 15.4.